The fourth-order valence-corrected chi connectivity index (χ4v) is 2.87. The van der Waals surface area contributed by atoms with Crippen LogP contribution in [0.3, 0.4) is 0 Å². The third kappa shape index (κ3) is 5.84. The van der Waals surface area contributed by atoms with Gasteiger partial charge >= 0.3 is 6.18 Å². The molecule has 2 rings (SSSR count). The Bertz CT molecular complexity index is 778. The molecule has 0 saturated carbocycles. The Hall–Kier alpha value is -2.41. The van der Waals surface area contributed by atoms with E-state index in [9.17, 15) is 13.2 Å². The maximum atomic E-state index is 12.6. The van der Waals surface area contributed by atoms with E-state index in [0.29, 0.717) is 16.5 Å². The van der Waals surface area contributed by atoms with Gasteiger partial charge in [-0.1, -0.05) is 23.9 Å². The Morgan fingerprint density at radius 1 is 1.12 bits per heavy atom. The molecule has 0 bridgehead atoms. The smallest absolute Gasteiger partial charge is 0.416 e. The first-order chi connectivity index (χ1) is 12.3. The van der Waals surface area contributed by atoms with Gasteiger partial charge in [0.2, 0.25) is 0 Å². The van der Waals surface area contributed by atoms with Crippen LogP contribution < -0.4 is 10.5 Å². The van der Waals surface area contributed by atoms with Gasteiger partial charge in [-0.3, -0.25) is 0 Å². The van der Waals surface area contributed by atoms with Crippen LogP contribution in [0.1, 0.15) is 23.6 Å². The summed E-state index contributed by atoms with van der Waals surface area (Å²) in [5, 5.41) is 0.626. The molecule has 0 spiro atoms. The van der Waals surface area contributed by atoms with E-state index in [1.807, 2.05) is 24.3 Å². The number of halogens is 3. The van der Waals surface area contributed by atoms with Gasteiger partial charge in [0, 0.05) is 17.7 Å². The van der Waals surface area contributed by atoms with Gasteiger partial charge in [0.1, 0.15) is 10.8 Å². The normalized spacial score (nSPS) is 13.0. The highest BCUT2D eigenvalue weighted by Crippen LogP contribution is 2.30. The number of ether oxygens (including phenoxy) is 1. The lowest BCUT2D eigenvalue weighted by molar-refractivity contribution is -0.137. The molecule has 0 fully saturated rings. The van der Waals surface area contributed by atoms with Crippen molar-refractivity contribution in [1.82, 2.24) is 0 Å². The molecule has 0 aliphatic carbocycles. The molecule has 0 aliphatic heterocycles. The van der Waals surface area contributed by atoms with E-state index in [1.54, 1.807) is 20.2 Å². The van der Waals surface area contributed by atoms with Crippen LogP contribution in [0.15, 0.2) is 64.2 Å². The van der Waals surface area contributed by atoms with Gasteiger partial charge in [-0.2, -0.15) is 13.2 Å². The van der Waals surface area contributed by atoms with Crippen LogP contribution in [0.5, 0.6) is 5.75 Å². The Morgan fingerprint density at radius 3 is 2.23 bits per heavy atom. The molecule has 0 saturated heterocycles. The monoisotopic (exact) mass is 380 g/mol. The number of nitrogens with two attached hydrogens (primary N) is 1. The Kier molecular flexibility index (Phi) is 6.74. The maximum absolute atomic E-state index is 12.6. The molecule has 0 heterocycles. The molecular weight excluding hydrogens is 361 g/mol. The van der Waals surface area contributed by atoms with E-state index >= 15 is 0 Å². The van der Waals surface area contributed by atoms with Crippen LogP contribution in [-0.4, -0.2) is 13.3 Å². The first-order valence-electron chi connectivity index (χ1n) is 7.73. The number of nitrogens with zero attached hydrogens (tertiary/aromatic N) is 1. The van der Waals surface area contributed by atoms with Gasteiger partial charge < -0.3 is 10.5 Å². The molecule has 2 aromatic carbocycles. The summed E-state index contributed by atoms with van der Waals surface area (Å²) in [7, 11) is 1.60. The van der Waals surface area contributed by atoms with Gasteiger partial charge in [0.15, 0.2) is 0 Å². The molecule has 0 atom stereocenters. The van der Waals surface area contributed by atoms with Crippen molar-refractivity contribution in [3.05, 3.63) is 75.9 Å². The SMILES string of the molecule is COc1ccc(/C=N/C(SCc2ccc(C(F)(F)F)cc2)=C(\C)N)cc1. The van der Waals surface area contributed by atoms with Crippen LogP contribution >= 0.6 is 11.8 Å². The molecule has 2 aromatic rings. The predicted molar refractivity (Wildman–Crippen MR) is 100 cm³/mol. The van der Waals surface area contributed by atoms with Gasteiger partial charge in [-0.15, -0.1) is 0 Å². The first kappa shape index (κ1) is 19.9. The summed E-state index contributed by atoms with van der Waals surface area (Å²) in [6.07, 6.45) is -2.64. The summed E-state index contributed by atoms with van der Waals surface area (Å²) < 4.78 is 42.9. The van der Waals surface area contributed by atoms with Gasteiger partial charge in [-0.05, 0) is 54.4 Å². The van der Waals surface area contributed by atoms with E-state index in [0.717, 1.165) is 29.0 Å². The summed E-state index contributed by atoms with van der Waals surface area (Å²) in [5.74, 6) is 1.23. The van der Waals surface area contributed by atoms with Gasteiger partial charge in [0.25, 0.3) is 0 Å². The van der Waals surface area contributed by atoms with E-state index < -0.39 is 11.7 Å². The zero-order valence-electron chi connectivity index (χ0n) is 14.4. The van der Waals surface area contributed by atoms with Crippen molar-refractivity contribution >= 4 is 18.0 Å². The molecule has 7 heteroatoms. The lowest BCUT2D eigenvalue weighted by atomic mass is 10.1. The van der Waals surface area contributed by atoms with E-state index in [-0.39, 0.29) is 0 Å². The third-order valence-corrected chi connectivity index (χ3v) is 4.62. The van der Waals surface area contributed by atoms with Crippen LogP contribution in [0.4, 0.5) is 13.2 Å². The lowest BCUT2D eigenvalue weighted by Crippen LogP contribution is -2.04. The number of methoxy groups -OCH3 is 1. The van der Waals surface area contributed by atoms with E-state index in [4.69, 9.17) is 10.5 Å². The van der Waals surface area contributed by atoms with Crippen molar-refractivity contribution in [2.45, 2.75) is 18.9 Å². The summed E-state index contributed by atoms with van der Waals surface area (Å²) in [4.78, 5) is 4.39. The molecular formula is C19H19F3N2OS. The first-order valence-corrected chi connectivity index (χ1v) is 8.71. The molecule has 0 unspecified atom stereocenters. The highest BCUT2D eigenvalue weighted by Gasteiger charge is 2.29. The number of aliphatic imine (C=N–C) groups is 1. The number of hydrogen-bond acceptors (Lipinski definition) is 4. The largest absolute Gasteiger partial charge is 0.497 e. The molecule has 0 aromatic heterocycles. The third-order valence-electron chi connectivity index (χ3n) is 3.44. The number of benzene rings is 2. The van der Waals surface area contributed by atoms with Crippen LogP contribution in [0.25, 0.3) is 0 Å². The number of hydrogen-bond donors (Lipinski definition) is 1. The summed E-state index contributed by atoms with van der Waals surface area (Å²) in [6.45, 7) is 1.74. The summed E-state index contributed by atoms with van der Waals surface area (Å²) >= 11 is 1.37. The minimum atomic E-state index is -4.33. The second kappa shape index (κ2) is 8.80. The molecule has 0 amide bonds. The van der Waals surface area contributed by atoms with Crippen LogP contribution in [-0.2, 0) is 11.9 Å². The summed E-state index contributed by atoms with van der Waals surface area (Å²) in [6, 6.07) is 12.5. The predicted octanol–water partition coefficient (Wildman–Crippen LogP) is 5.21. The highest BCUT2D eigenvalue weighted by atomic mass is 32.2. The lowest BCUT2D eigenvalue weighted by Gasteiger charge is -2.08. The number of allylic oxidation sites excluding steroid dienone is 1. The molecule has 0 radical (unpaired) electrons. The average Bonchev–Trinajstić information content (AvgIpc) is 2.61. The molecule has 26 heavy (non-hydrogen) atoms. The Balaban J connectivity index is 2.02. The highest BCUT2D eigenvalue weighted by molar-refractivity contribution is 8.02. The van der Waals surface area contributed by atoms with Crippen molar-refractivity contribution in [3.8, 4) is 5.75 Å². The summed E-state index contributed by atoms with van der Waals surface area (Å²) in [5.41, 5.74) is 7.41. The second-order valence-corrected chi connectivity index (χ2v) is 6.47. The minimum absolute atomic E-state index is 0.474. The van der Waals surface area contributed by atoms with E-state index in [1.165, 1.54) is 23.9 Å². The van der Waals surface area contributed by atoms with Crippen molar-refractivity contribution in [3.63, 3.8) is 0 Å². The Labute approximate surface area is 154 Å². The fraction of sp³-hybridized carbons (Fsp3) is 0.211. The number of rotatable bonds is 6. The van der Waals surface area contributed by atoms with Crippen molar-refractivity contribution in [2.24, 2.45) is 10.7 Å². The van der Waals surface area contributed by atoms with Crippen molar-refractivity contribution in [1.29, 1.82) is 0 Å². The quantitative estimate of drug-likeness (QED) is 0.700. The molecule has 0 aliphatic rings. The fourth-order valence-electron chi connectivity index (χ4n) is 2.02. The van der Waals surface area contributed by atoms with Crippen molar-refractivity contribution < 1.29 is 17.9 Å². The Morgan fingerprint density at radius 2 is 1.73 bits per heavy atom. The number of thioether (sulfide) groups is 1. The van der Waals surface area contributed by atoms with E-state index in [2.05, 4.69) is 4.99 Å². The zero-order chi connectivity index (χ0) is 19.2. The van der Waals surface area contributed by atoms with Crippen molar-refractivity contribution in [2.75, 3.05) is 7.11 Å². The molecule has 3 nitrogen and oxygen atoms in total. The minimum Gasteiger partial charge on any atom is -0.497 e. The maximum Gasteiger partial charge on any atom is 0.416 e. The number of alkyl halides is 3. The second-order valence-electron chi connectivity index (χ2n) is 5.50. The molecule has 2 N–H and O–H groups in total. The van der Waals surface area contributed by atoms with Crippen LogP contribution in [0, 0.1) is 0 Å². The zero-order valence-corrected chi connectivity index (χ0v) is 15.2. The molecule has 138 valence electrons. The topological polar surface area (TPSA) is 47.6 Å². The van der Waals surface area contributed by atoms with Gasteiger partial charge in [0.05, 0.1) is 12.7 Å². The van der Waals surface area contributed by atoms with Gasteiger partial charge in [-0.25, -0.2) is 4.99 Å². The van der Waals surface area contributed by atoms with Crippen LogP contribution in [0.2, 0.25) is 0 Å². The standard InChI is InChI=1S/C19H19F3N2OS/c1-13(23)18(24-11-14-5-9-17(25-2)10-6-14)26-12-15-3-7-16(8-4-15)19(20,21)22/h3-11H,12,23H2,1-2H3/b18-13-,24-11+. The average molecular weight is 380 g/mol.